The Morgan fingerprint density at radius 3 is 2.57 bits per heavy atom. The van der Waals surface area contributed by atoms with E-state index < -0.39 is 0 Å². The molecule has 1 aliphatic heterocycles. The van der Waals surface area contributed by atoms with Crippen LogP contribution in [0.25, 0.3) is 0 Å². The number of amides is 1. The summed E-state index contributed by atoms with van der Waals surface area (Å²) in [5, 5.41) is 0. The monoisotopic (exact) mass is 306 g/mol. The molecule has 2 rings (SSSR count). The maximum Gasteiger partial charge on any atom is 0.226 e. The zero-order valence-corrected chi connectivity index (χ0v) is 14.2. The van der Waals surface area contributed by atoms with Gasteiger partial charge in [0.2, 0.25) is 5.91 Å². The van der Waals surface area contributed by atoms with Crippen LogP contribution in [0.2, 0.25) is 0 Å². The Kier molecular flexibility index (Phi) is 6.12. The molecule has 0 aliphatic carbocycles. The SMILES string of the molecule is CSc1ccc(CC(=O)N2CCCC(N(C)C)CC2)cc1. The summed E-state index contributed by atoms with van der Waals surface area (Å²) in [5.41, 5.74) is 1.12. The fraction of sp³-hybridized carbons (Fsp3) is 0.588. The fourth-order valence-electron chi connectivity index (χ4n) is 2.87. The third-order valence-electron chi connectivity index (χ3n) is 4.30. The first kappa shape index (κ1) is 16.4. The Hall–Kier alpha value is -1.00. The van der Waals surface area contributed by atoms with Gasteiger partial charge in [0.25, 0.3) is 0 Å². The topological polar surface area (TPSA) is 23.6 Å². The van der Waals surface area contributed by atoms with E-state index in [1.807, 2.05) is 4.90 Å². The van der Waals surface area contributed by atoms with E-state index in [-0.39, 0.29) is 5.91 Å². The van der Waals surface area contributed by atoms with Crippen LogP contribution in [-0.2, 0) is 11.2 Å². The Labute approximate surface area is 132 Å². The van der Waals surface area contributed by atoms with Crippen molar-refractivity contribution in [1.82, 2.24) is 9.80 Å². The van der Waals surface area contributed by atoms with Crippen molar-refractivity contribution in [3.8, 4) is 0 Å². The second-order valence-corrected chi connectivity index (χ2v) is 6.83. The van der Waals surface area contributed by atoms with Gasteiger partial charge in [-0.15, -0.1) is 11.8 Å². The molecule has 116 valence electrons. The third kappa shape index (κ3) is 4.75. The fourth-order valence-corrected chi connectivity index (χ4v) is 3.28. The molecule has 1 aromatic carbocycles. The number of carbonyl (C=O) groups excluding carboxylic acids is 1. The molecule has 21 heavy (non-hydrogen) atoms. The Bertz CT molecular complexity index is 458. The van der Waals surface area contributed by atoms with Gasteiger partial charge in [-0.1, -0.05) is 12.1 Å². The summed E-state index contributed by atoms with van der Waals surface area (Å²) in [6.07, 6.45) is 5.99. The highest BCUT2D eigenvalue weighted by Gasteiger charge is 2.21. The minimum Gasteiger partial charge on any atom is -0.342 e. The van der Waals surface area contributed by atoms with E-state index in [2.05, 4.69) is 49.5 Å². The molecular weight excluding hydrogens is 280 g/mol. The van der Waals surface area contributed by atoms with Crippen LogP contribution in [0, 0.1) is 0 Å². The van der Waals surface area contributed by atoms with E-state index in [0.29, 0.717) is 12.5 Å². The Morgan fingerprint density at radius 1 is 1.24 bits per heavy atom. The minimum atomic E-state index is 0.270. The first-order chi connectivity index (χ1) is 10.1. The van der Waals surface area contributed by atoms with Crippen LogP contribution in [0.4, 0.5) is 0 Å². The molecule has 1 aliphatic rings. The van der Waals surface area contributed by atoms with Crippen LogP contribution < -0.4 is 0 Å². The molecular formula is C17H26N2OS. The molecule has 0 spiro atoms. The highest BCUT2D eigenvalue weighted by atomic mass is 32.2. The van der Waals surface area contributed by atoms with E-state index in [9.17, 15) is 4.79 Å². The molecule has 0 saturated carbocycles. The summed E-state index contributed by atoms with van der Waals surface area (Å²) in [6, 6.07) is 8.95. The molecule has 1 fully saturated rings. The van der Waals surface area contributed by atoms with Crippen LogP contribution >= 0.6 is 11.8 Å². The number of rotatable bonds is 4. The number of thioether (sulfide) groups is 1. The second kappa shape index (κ2) is 7.85. The molecule has 1 aromatic rings. The largest absolute Gasteiger partial charge is 0.342 e. The molecule has 0 radical (unpaired) electrons. The first-order valence-corrected chi connectivity index (χ1v) is 8.89. The molecule has 1 unspecified atom stereocenters. The molecule has 4 heteroatoms. The maximum atomic E-state index is 12.5. The summed E-state index contributed by atoms with van der Waals surface area (Å²) in [6.45, 7) is 1.80. The Balaban J connectivity index is 1.90. The third-order valence-corrected chi connectivity index (χ3v) is 5.04. The zero-order chi connectivity index (χ0) is 15.2. The van der Waals surface area contributed by atoms with Crippen molar-refractivity contribution in [3.63, 3.8) is 0 Å². The average Bonchev–Trinajstić information content (AvgIpc) is 2.74. The van der Waals surface area contributed by atoms with E-state index >= 15 is 0 Å². The lowest BCUT2D eigenvalue weighted by Crippen LogP contribution is -2.34. The molecule has 0 N–H and O–H groups in total. The molecule has 1 heterocycles. The standard InChI is InChI=1S/C17H26N2OS/c1-18(2)15-5-4-11-19(12-10-15)17(20)13-14-6-8-16(21-3)9-7-14/h6-9,15H,4-5,10-13H2,1-3H3. The molecule has 1 amide bonds. The van der Waals surface area contributed by atoms with E-state index in [0.717, 1.165) is 31.5 Å². The molecule has 1 saturated heterocycles. The lowest BCUT2D eigenvalue weighted by Gasteiger charge is -2.23. The van der Waals surface area contributed by atoms with Gasteiger partial charge in [-0.3, -0.25) is 4.79 Å². The normalized spacial score (nSPS) is 19.6. The molecule has 0 bridgehead atoms. The van der Waals surface area contributed by atoms with Crippen molar-refractivity contribution in [1.29, 1.82) is 0 Å². The van der Waals surface area contributed by atoms with E-state index in [1.165, 1.54) is 11.3 Å². The number of likely N-dealkylation sites (tertiary alicyclic amines) is 1. The highest BCUT2D eigenvalue weighted by molar-refractivity contribution is 7.98. The van der Waals surface area contributed by atoms with Crippen molar-refractivity contribution in [2.45, 2.75) is 36.6 Å². The predicted molar refractivity (Wildman–Crippen MR) is 89.8 cm³/mol. The number of nitrogens with zero attached hydrogens (tertiary/aromatic N) is 2. The number of hydrogen-bond donors (Lipinski definition) is 0. The summed E-state index contributed by atoms with van der Waals surface area (Å²) >= 11 is 1.73. The van der Waals surface area contributed by atoms with Crippen LogP contribution in [0.5, 0.6) is 0 Å². The zero-order valence-electron chi connectivity index (χ0n) is 13.3. The first-order valence-electron chi connectivity index (χ1n) is 7.67. The van der Waals surface area contributed by atoms with Gasteiger partial charge in [0.05, 0.1) is 6.42 Å². The lowest BCUT2D eigenvalue weighted by molar-refractivity contribution is -0.130. The van der Waals surface area contributed by atoms with Crippen LogP contribution in [0.1, 0.15) is 24.8 Å². The van der Waals surface area contributed by atoms with Crippen LogP contribution in [0.3, 0.4) is 0 Å². The van der Waals surface area contributed by atoms with Gasteiger partial charge >= 0.3 is 0 Å². The number of carbonyl (C=O) groups is 1. The van der Waals surface area contributed by atoms with Gasteiger partial charge in [0, 0.05) is 24.0 Å². The van der Waals surface area contributed by atoms with Gasteiger partial charge in [0.1, 0.15) is 0 Å². The van der Waals surface area contributed by atoms with Crippen molar-refractivity contribution < 1.29 is 4.79 Å². The summed E-state index contributed by atoms with van der Waals surface area (Å²) in [4.78, 5) is 18.0. The van der Waals surface area contributed by atoms with E-state index in [1.54, 1.807) is 11.8 Å². The summed E-state index contributed by atoms with van der Waals surface area (Å²) in [5.74, 6) is 0.270. The number of benzene rings is 1. The average molecular weight is 306 g/mol. The second-order valence-electron chi connectivity index (χ2n) is 5.95. The van der Waals surface area contributed by atoms with E-state index in [4.69, 9.17) is 0 Å². The van der Waals surface area contributed by atoms with Crippen molar-refractivity contribution in [3.05, 3.63) is 29.8 Å². The van der Waals surface area contributed by atoms with Gasteiger partial charge < -0.3 is 9.80 Å². The maximum absolute atomic E-state index is 12.5. The minimum absolute atomic E-state index is 0.270. The summed E-state index contributed by atoms with van der Waals surface area (Å²) in [7, 11) is 4.27. The van der Waals surface area contributed by atoms with Crippen LogP contribution in [0.15, 0.2) is 29.2 Å². The van der Waals surface area contributed by atoms with Crippen LogP contribution in [-0.4, -0.2) is 55.2 Å². The quantitative estimate of drug-likeness (QED) is 0.799. The smallest absolute Gasteiger partial charge is 0.226 e. The van der Waals surface area contributed by atoms with Crippen molar-refractivity contribution in [2.24, 2.45) is 0 Å². The van der Waals surface area contributed by atoms with Gasteiger partial charge in [-0.2, -0.15) is 0 Å². The molecule has 3 nitrogen and oxygen atoms in total. The van der Waals surface area contributed by atoms with Crippen molar-refractivity contribution in [2.75, 3.05) is 33.4 Å². The van der Waals surface area contributed by atoms with Gasteiger partial charge in [-0.05, 0) is 57.3 Å². The summed E-state index contributed by atoms with van der Waals surface area (Å²) < 4.78 is 0. The Morgan fingerprint density at radius 2 is 1.95 bits per heavy atom. The predicted octanol–water partition coefficient (Wildman–Crippen LogP) is 2.89. The van der Waals surface area contributed by atoms with Gasteiger partial charge in [-0.25, -0.2) is 0 Å². The molecule has 0 aromatic heterocycles. The van der Waals surface area contributed by atoms with Gasteiger partial charge in [0.15, 0.2) is 0 Å². The highest BCUT2D eigenvalue weighted by Crippen LogP contribution is 2.18. The van der Waals surface area contributed by atoms with Crippen molar-refractivity contribution >= 4 is 17.7 Å². The number of hydrogen-bond acceptors (Lipinski definition) is 3. The molecule has 1 atom stereocenters. The lowest BCUT2D eigenvalue weighted by atomic mass is 10.1.